The van der Waals surface area contributed by atoms with Crippen LogP contribution in [0.15, 0.2) is 4.99 Å². The molecule has 24 heavy (non-hydrogen) atoms. The third-order valence-electron chi connectivity index (χ3n) is 5.69. The molecule has 3 rings (SSSR count). The van der Waals surface area contributed by atoms with Gasteiger partial charge in [0, 0.05) is 49.2 Å². The Morgan fingerprint density at radius 1 is 1.33 bits per heavy atom. The fraction of sp³-hybridized carbons (Fsp3) is 0.944. The Morgan fingerprint density at radius 3 is 2.71 bits per heavy atom. The third kappa shape index (κ3) is 4.58. The first-order valence-electron chi connectivity index (χ1n) is 9.59. The molecule has 138 valence electrons. The highest BCUT2D eigenvalue weighted by atomic mass is 32.2. The van der Waals surface area contributed by atoms with E-state index in [0.29, 0.717) is 12.1 Å². The first-order chi connectivity index (χ1) is 11.7. The molecule has 3 fully saturated rings. The fourth-order valence-electron chi connectivity index (χ4n) is 3.98. The molecule has 2 atom stereocenters. The van der Waals surface area contributed by atoms with Crippen LogP contribution in [0.4, 0.5) is 0 Å². The molecular weight excluding hydrogens is 320 g/mol. The first kappa shape index (κ1) is 18.3. The van der Waals surface area contributed by atoms with E-state index in [1.54, 1.807) is 0 Å². The lowest BCUT2D eigenvalue weighted by Gasteiger charge is -2.34. The van der Waals surface area contributed by atoms with Gasteiger partial charge in [-0.05, 0) is 52.2 Å². The number of guanidine groups is 1. The van der Waals surface area contributed by atoms with Gasteiger partial charge in [-0.25, -0.2) is 0 Å². The van der Waals surface area contributed by atoms with Gasteiger partial charge in [0.15, 0.2) is 5.96 Å². The Balaban J connectivity index is 1.57. The molecule has 0 amide bonds. The number of ether oxygens (including phenoxy) is 1. The van der Waals surface area contributed by atoms with E-state index in [4.69, 9.17) is 9.73 Å². The van der Waals surface area contributed by atoms with Crippen LogP contribution in [0.25, 0.3) is 0 Å². The highest BCUT2D eigenvalue weighted by Crippen LogP contribution is 2.34. The van der Waals surface area contributed by atoms with E-state index < -0.39 is 0 Å². The maximum Gasteiger partial charge on any atom is 0.191 e. The molecule has 0 aromatic carbocycles. The molecule has 0 bridgehead atoms. The monoisotopic (exact) mass is 354 g/mol. The van der Waals surface area contributed by atoms with Crippen LogP contribution < -0.4 is 10.6 Å². The zero-order valence-corrected chi connectivity index (χ0v) is 16.3. The number of hydrogen-bond acceptors (Lipinski definition) is 4. The van der Waals surface area contributed by atoms with Gasteiger partial charge in [0.1, 0.15) is 0 Å². The standard InChI is InChI=1S/C18H34N4OS/c1-4-19-17(20-13-18(24-3)7-9-23-10-8-18)21-15-11-14(2)22(12-15)16-5-6-16/h14-16H,4-13H2,1-3H3,(H2,19,20,21). The van der Waals surface area contributed by atoms with Crippen LogP contribution in [0.1, 0.15) is 46.0 Å². The minimum Gasteiger partial charge on any atom is -0.381 e. The number of nitrogens with one attached hydrogen (secondary N) is 2. The number of thioether (sulfide) groups is 1. The lowest BCUT2D eigenvalue weighted by Crippen LogP contribution is -2.46. The average molecular weight is 355 g/mol. The van der Waals surface area contributed by atoms with Crippen molar-refractivity contribution in [3.63, 3.8) is 0 Å². The molecule has 2 aliphatic heterocycles. The molecule has 2 heterocycles. The summed E-state index contributed by atoms with van der Waals surface area (Å²) in [7, 11) is 0. The summed E-state index contributed by atoms with van der Waals surface area (Å²) in [6, 6.07) is 2.08. The zero-order chi connectivity index (χ0) is 17.0. The second-order valence-electron chi connectivity index (χ2n) is 7.55. The van der Waals surface area contributed by atoms with E-state index in [9.17, 15) is 0 Å². The average Bonchev–Trinajstić information content (AvgIpc) is 3.37. The summed E-state index contributed by atoms with van der Waals surface area (Å²) in [6.07, 6.45) is 8.43. The summed E-state index contributed by atoms with van der Waals surface area (Å²) >= 11 is 1.96. The molecule has 2 unspecified atom stereocenters. The van der Waals surface area contributed by atoms with E-state index in [2.05, 4.69) is 35.6 Å². The molecule has 0 aromatic rings. The van der Waals surface area contributed by atoms with Gasteiger partial charge in [-0.15, -0.1) is 0 Å². The second kappa shape index (κ2) is 8.28. The van der Waals surface area contributed by atoms with Crippen LogP contribution in [-0.4, -0.2) is 72.8 Å². The molecule has 1 aliphatic carbocycles. The van der Waals surface area contributed by atoms with Crippen LogP contribution in [-0.2, 0) is 4.74 Å². The van der Waals surface area contributed by atoms with Gasteiger partial charge in [-0.1, -0.05) is 0 Å². The predicted octanol–water partition coefficient (Wildman–Crippen LogP) is 2.08. The van der Waals surface area contributed by atoms with Gasteiger partial charge in [0.2, 0.25) is 0 Å². The van der Waals surface area contributed by atoms with E-state index in [1.807, 2.05) is 11.8 Å². The van der Waals surface area contributed by atoms with Gasteiger partial charge in [0.25, 0.3) is 0 Å². The van der Waals surface area contributed by atoms with Gasteiger partial charge in [0.05, 0.1) is 6.54 Å². The van der Waals surface area contributed by atoms with Crippen molar-refractivity contribution in [3.8, 4) is 0 Å². The third-order valence-corrected chi connectivity index (χ3v) is 7.09. The van der Waals surface area contributed by atoms with Gasteiger partial charge >= 0.3 is 0 Å². The minimum atomic E-state index is 0.254. The Kier molecular flexibility index (Phi) is 6.33. The molecule has 0 aromatic heterocycles. The Labute approximate surface area is 151 Å². The SMILES string of the molecule is CCNC(=NCC1(SC)CCOCC1)NC1CC(C)N(C2CC2)C1. The van der Waals surface area contributed by atoms with Gasteiger partial charge in [-0.2, -0.15) is 11.8 Å². The van der Waals surface area contributed by atoms with Crippen molar-refractivity contribution in [2.45, 2.75) is 68.8 Å². The number of nitrogens with zero attached hydrogens (tertiary/aromatic N) is 2. The van der Waals surface area contributed by atoms with E-state index in [1.165, 1.54) is 19.3 Å². The Hall–Kier alpha value is -0.460. The van der Waals surface area contributed by atoms with Crippen LogP contribution in [0.3, 0.4) is 0 Å². The van der Waals surface area contributed by atoms with Crippen molar-refractivity contribution in [2.24, 2.45) is 4.99 Å². The van der Waals surface area contributed by atoms with E-state index in [0.717, 1.165) is 57.7 Å². The van der Waals surface area contributed by atoms with Crippen LogP contribution in [0.5, 0.6) is 0 Å². The summed E-state index contributed by atoms with van der Waals surface area (Å²) in [5.41, 5.74) is 0. The maximum atomic E-state index is 5.54. The molecule has 3 aliphatic rings. The molecule has 0 radical (unpaired) electrons. The molecule has 1 saturated carbocycles. The molecule has 5 nitrogen and oxygen atoms in total. The van der Waals surface area contributed by atoms with Gasteiger partial charge in [-0.3, -0.25) is 9.89 Å². The summed E-state index contributed by atoms with van der Waals surface area (Å²) < 4.78 is 5.80. The summed E-state index contributed by atoms with van der Waals surface area (Å²) in [6.45, 7) is 9.21. The van der Waals surface area contributed by atoms with Crippen molar-refractivity contribution < 1.29 is 4.74 Å². The number of rotatable bonds is 6. The normalized spacial score (nSPS) is 31.2. The first-order valence-corrected chi connectivity index (χ1v) is 10.8. The predicted molar refractivity (Wildman–Crippen MR) is 103 cm³/mol. The Bertz CT molecular complexity index is 435. The number of aliphatic imine (C=N–C) groups is 1. The zero-order valence-electron chi connectivity index (χ0n) is 15.5. The minimum absolute atomic E-state index is 0.254. The van der Waals surface area contributed by atoms with Crippen molar-refractivity contribution >= 4 is 17.7 Å². The maximum absolute atomic E-state index is 5.54. The van der Waals surface area contributed by atoms with Crippen molar-refractivity contribution in [2.75, 3.05) is 39.1 Å². The highest BCUT2D eigenvalue weighted by molar-refractivity contribution is 8.00. The van der Waals surface area contributed by atoms with Gasteiger partial charge < -0.3 is 15.4 Å². The molecular formula is C18H34N4OS. The largest absolute Gasteiger partial charge is 0.381 e. The Morgan fingerprint density at radius 2 is 2.08 bits per heavy atom. The van der Waals surface area contributed by atoms with Crippen LogP contribution >= 0.6 is 11.8 Å². The molecule has 0 spiro atoms. The second-order valence-corrected chi connectivity index (χ2v) is 8.82. The van der Waals surface area contributed by atoms with Crippen molar-refractivity contribution in [1.82, 2.24) is 15.5 Å². The molecule has 2 N–H and O–H groups in total. The van der Waals surface area contributed by atoms with Crippen LogP contribution in [0.2, 0.25) is 0 Å². The van der Waals surface area contributed by atoms with E-state index >= 15 is 0 Å². The lowest BCUT2D eigenvalue weighted by atomic mass is 9.99. The summed E-state index contributed by atoms with van der Waals surface area (Å²) in [5, 5.41) is 7.14. The topological polar surface area (TPSA) is 48.9 Å². The number of hydrogen-bond donors (Lipinski definition) is 2. The molecule has 2 saturated heterocycles. The summed E-state index contributed by atoms with van der Waals surface area (Å²) in [4.78, 5) is 7.64. The molecule has 6 heteroatoms. The lowest BCUT2D eigenvalue weighted by molar-refractivity contribution is 0.0794. The fourth-order valence-corrected chi connectivity index (χ4v) is 4.75. The van der Waals surface area contributed by atoms with Crippen molar-refractivity contribution in [1.29, 1.82) is 0 Å². The smallest absolute Gasteiger partial charge is 0.191 e. The highest BCUT2D eigenvalue weighted by Gasteiger charge is 2.39. The van der Waals surface area contributed by atoms with Crippen LogP contribution in [0, 0.1) is 0 Å². The quantitative estimate of drug-likeness (QED) is 0.565. The van der Waals surface area contributed by atoms with Crippen molar-refractivity contribution in [3.05, 3.63) is 0 Å². The number of likely N-dealkylation sites (tertiary alicyclic amines) is 1. The van der Waals surface area contributed by atoms with E-state index in [-0.39, 0.29) is 4.75 Å². The summed E-state index contributed by atoms with van der Waals surface area (Å²) in [5.74, 6) is 0.993.